The maximum Gasteiger partial charge on any atom is 0.138 e. The predicted molar refractivity (Wildman–Crippen MR) is 72.6 cm³/mol. The van der Waals surface area contributed by atoms with Crippen molar-refractivity contribution >= 4 is 11.3 Å². The molecule has 0 aromatic carbocycles. The van der Waals surface area contributed by atoms with Gasteiger partial charge >= 0.3 is 0 Å². The number of aliphatic hydroxyl groups excluding tert-OH is 1. The van der Waals surface area contributed by atoms with Crippen molar-refractivity contribution in [1.82, 2.24) is 14.8 Å². The van der Waals surface area contributed by atoms with Crippen molar-refractivity contribution in [2.75, 3.05) is 0 Å². The summed E-state index contributed by atoms with van der Waals surface area (Å²) < 4.78 is 1.88. The van der Waals surface area contributed by atoms with Gasteiger partial charge in [0.1, 0.15) is 12.2 Å². The molecule has 0 amide bonds. The van der Waals surface area contributed by atoms with Gasteiger partial charge in [-0.05, 0) is 25.0 Å². The van der Waals surface area contributed by atoms with E-state index in [4.69, 9.17) is 0 Å². The molecule has 0 radical (unpaired) electrons. The van der Waals surface area contributed by atoms with Crippen LogP contribution in [0.2, 0.25) is 0 Å². The van der Waals surface area contributed by atoms with Crippen molar-refractivity contribution in [3.05, 3.63) is 34.0 Å². The highest BCUT2D eigenvalue weighted by molar-refractivity contribution is 7.12. The third-order valence-electron chi connectivity index (χ3n) is 2.70. The van der Waals surface area contributed by atoms with Gasteiger partial charge in [0, 0.05) is 22.7 Å². The van der Waals surface area contributed by atoms with E-state index in [0.717, 1.165) is 17.2 Å². The van der Waals surface area contributed by atoms with Gasteiger partial charge in [-0.3, -0.25) is 0 Å². The average molecular weight is 265 g/mol. The van der Waals surface area contributed by atoms with E-state index in [9.17, 15) is 5.11 Å². The molecule has 0 spiro atoms. The minimum absolute atomic E-state index is 0.487. The zero-order valence-electron chi connectivity index (χ0n) is 11.0. The largest absolute Gasteiger partial charge is 0.387 e. The first-order valence-corrected chi connectivity index (χ1v) is 6.99. The Morgan fingerprint density at radius 2 is 2.17 bits per heavy atom. The van der Waals surface area contributed by atoms with Crippen LogP contribution in [0.1, 0.15) is 35.5 Å². The van der Waals surface area contributed by atoms with Crippen molar-refractivity contribution < 1.29 is 5.11 Å². The second kappa shape index (κ2) is 5.63. The second-order valence-corrected chi connectivity index (χ2v) is 6.24. The summed E-state index contributed by atoms with van der Waals surface area (Å²) >= 11 is 1.63. The Balaban J connectivity index is 2.07. The molecular formula is C13H19N3OS. The summed E-state index contributed by atoms with van der Waals surface area (Å²) in [4.78, 5) is 6.45. The Kier molecular flexibility index (Phi) is 4.14. The van der Waals surface area contributed by atoms with Crippen molar-refractivity contribution in [3.63, 3.8) is 0 Å². The molecular weight excluding hydrogens is 246 g/mol. The van der Waals surface area contributed by atoms with Crippen molar-refractivity contribution in [2.24, 2.45) is 5.92 Å². The molecule has 1 N–H and O–H groups in total. The fourth-order valence-electron chi connectivity index (χ4n) is 1.85. The molecule has 98 valence electrons. The van der Waals surface area contributed by atoms with Gasteiger partial charge in [-0.2, -0.15) is 5.10 Å². The Bertz CT molecular complexity index is 504. The van der Waals surface area contributed by atoms with E-state index in [-0.39, 0.29) is 0 Å². The molecule has 2 heterocycles. The molecule has 0 bridgehead atoms. The summed E-state index contributed by atoms with van der Waals surface area (Å²) in [5.41, 5.74) is 0. The third-order valence-corrected chi connectivity index (χ3v) is 3.80. The lowest BCUT2D eigenvalue weighted by atomic mass is 10.2. The molecule has 0 saturated heterocycles. The van der Waals surface area contributed by atoms with E-state index in [1.54, 1.807) is 17.7 Å². The van der Waals surface area contributed by atoms with Crippen LogP contribution < -0.4 is 0 Å². The SMILES string of the molecule is Cc1ccc(C(O)Cc2ncnn2CC(C)C)s1. The number of hydrogen-bond donors (Lipinski definition) is 1. The molecule has 0 aliphatic carbocycles. The van der Waals surface area contributed by atoms with E-state index in [2.05, 4.69) is 23.9 Å². The van der Waals surface area contributed by atoms with Crippen LogP contribution in [0.5, 0.6) is 0 Å². The van der Waals surface area contributed by atoms with Crippen LogP contribution in [0.25, 0.3) is 0 Å². The van der Waals surface area contributed by atoms with E-state index in [1.165, 1.54) is 4.88 Å². The second-order valence-electron chi connectivity index (χ2n) is 4.92. The molecule has 18 heavy (non-hydrogen) atoms. The Labute approximate surface area is 111 Å². The average Bonchev–Trinajstić information content (AvgIpc) is 2.88. The lowest BCUT2D eigenvalue weighted by Gasteiger charge is -2.11. The highest BCUT2D eigenvalue weighted by Crippen LogP contribution is 2.25. The first-order valence-electron chi connectivity index (χ1n) is 6.17. The Hall–Kier alpha value is -1.20. The first kappa shape index (κ1) is 13.2. The smallest absolute Gasteiger partial charge is 0.138 e. The van der Waals surface area contributed by atoms with Crippen LogP contribution in [0.3, 0.4) is 0 Å². The number of aliphatic hydroxyl groups is 1. The number of rotatable bonds is 5. The highest BCUT2D eigenvalue weighted by Gasteiger charge is 2.15. The quantitative estimate of drug-likeness (QED) is 0.904. The van der Waals surface area contributed by atoms with Crippen molar-refractivity contribution in [1.29, 1.82) is 0 Å². The topological polar surface area (TPSA) is 50.9 Å². The highest BCUT2D eigenvalue weighted by atomic mass is 32.1. The number of aryl methyl sites for hydroxylation is 1. The van der Waals surface area contributed by atoms with Gasteiger partial charge in [-0.1, -0.05) is 13.8 Å². The molecule has 4 nitrogen and oxygen atoms in total. The summed E-state index contributed by atoms with van der Waals surface area (Å²) in [7, 11) is 0. The maximum atomic E-state index is 10.2. The van der Waals surface area contributed by atoms with E-state index < -0.39 is 6.10 Å². The van der Waals surface area contributed by atoms with Crippen LogP contribution in [0, 0.1) is 12.8 Å². The lowest BCUT2D eigenvalue weighted by molar-refractivity contribution is 0.177. The fraction of sp³-hybridized carbons (Fsp3) is 0.538. The lowest BCUT2D eigenvalue weighted by Crippen LogP contribution is -2.13. The fourth-order valence-corrected chi connectivity index (χ4v) is 2.71. The minimum Gasteiger partial charge on any atom is -0.387 e. The van der Waals surface area contributed by atoms with Gasteiger partial charge < -0.3 is 5.11 Å². The zero-order chi connectivity index (χ0) is 13.1. The maximum absolute atomic E-state index is 10.2. The van der Waals surface area contributed by atoms with Gasteiger partial charge in [0.05, 0.1) is 6.10 Å². The normalized spacial score (nSPS) is 13.2. The summed E-state index contributed by atoms with van der Waals surface area (Å²) in [6.07, 6.45) is 1.59. The zero-order valence-corrected chi connectivity index (χ0v) is 11.8. The predicted octanol–water partition coefficient (Wildman–Crippen LogP) is 2.58. The van der Waals surface area contributed by atoms with Crippen LogP contribution in [-0.4, -0.2) is 19.9 Å². The van der Waals surface area contributed by atoms with Gasteiger partial charge in [0.15, 0.2) is 0 Å². The van der Waals surface area contributed by atoms with Crippen LogP contribution in [0.4, 0.5) is 0 Å². The summed E-state index contributed by atoms with van der Waals surface area (Å²) in [5.74, 6) is 1.37. The molecule has 0 aliphatic heterocycles. The van der Waals surface area contributed by atoms with E-state index in [0.29, 0.717) is 12.3 Å². The third kappa shape index (κ3) is 3.17. The van der Waals surface area contributed by atoms with Gasteiger partial charge in [-0.25, -0.2) is 9.67 Å². The molecule has 0 saturated carbocycles. The van der Waals surface area contributed by atoms with Crippen molar-refractivity contribution in [2.45, 2.75) is 39.8 Å². The number of thiophene rings is 1. The molecule has 1 unspecified atom stereocenters. The Morgan fingerprint density at radius 1 is 1.39 bits per heavy atom. The van der Waals surface area contributed by atoms with Gasteiger partial charge in [0.25, 0.3) is 0 Å². The monoisotopic (exact) mass is 265 g/mol. The number of hydrogen-bond acceptors (Lipinski definition) is 4. The molecule has 2 rings (SSSR count). The molecule has 1 atom stereocenters. The van der Waals surface area contributed by atoms with E-state index in [1.807, 2.05) is 23.7 Å². The number of aromatic nitrogens is 3. The summed E-state index contributed by atoms with van der Waals surface area (Å²) in [6.45, 7) is 7.17. The van der Waals surface area contributed by atoms with E-state index >= 15 is 0 Å². The first-order chi connectivity index (χ1) is 8.56. The number of nitrogens with zero attached hydrogens (tertiary/aromatic N) is 3. The minimum atomic E-state index is -0.487. The van der Waals surface area contributed by atoms with Crippen molar-refractivity contribution in [3.8, 4) is 0 Å². The van der Waals surface area contributed by atoms with Crippen LogP contribution in [-0.2, 0) is 13.0 Å². The molecule has 2 aromatic rings. The molecule has 5 heteroatoms. The summed E-state index contributed by atoms with van der Waals surface area (Å²) in [6, 6.07) is 4.01. The molecule has 0 fully saturated rings. The summed E-state index contributed by atoms with van der Waals surface area (Å²) in [5, 5.41) is 14.4. The Morgan fingerprint density at radius 3 is 2.78 bits per heavy atom. The van der Waals surface area contributed by atoms with Crippen LogP contribution in [0.15, 0.2) is 18.5 Å². The molecule has 0 aliphatic rings. The van der Waals surface area contributed by atoms with Gasteiger partial charge in [0.2, 0.25) is 0 Å². The van der Waals surface area contributed by atoms with Gasteiger partial charge in [-0.15, -0.1) is 11.3 Å². The van der Waals surface area contributed by atoms with Crippen LogP contribution >= 0.6 is 11.3 Å². The standard InChI is InChI=1S/C13H19N3OS/c1-9(2)7-16-13(14-8-15-16)6-11(17)12-5-4-10(3)18-12/h4-5,8-9,11,17H,6-7H2,1-3H3. The molecule has 2 aromatic heterocycles.